The molecule has 0 radical (unpaired) electrons. The van der Waals surface area contributed by atoms with Crippen LogP contribution < -0.4 is 0 Å². The molecule has 4 aliphatic carbocycles. The lowest BCUT2D eigenvalue weighted by Crippen LogP contribution is -2.62. The second-order valence-electron chi connectivity index (χ2n) is 14.3. The van der Waals surface area contributed by atoms with Gasteiger partial charge in [-0.25, -0.2) is 9.18 Å². The average Bonchev–Trinajstić information content (AvgIpc) is 3.50. The summed E-state index contributed by atoms with van der Waals surface area (Å²) in [6, 6.07) is 11.3. The zero-order valence-electron chi connectivity index (χ0n) is 25.8. The maximum Gasteiger partial charge on any atom is 0.335 e. The van der Waals surface area contributed by atoms with Crippen LogP contribution in [0.3, 0.4) is 0 Å². The molecule has 0 spiro atoms. The molecule has 0 bridgehead atoms. The minimum absolute atomic E-state index is 0.0413. The minimum Gasteiger partial charge on any atom is -0.478 e. The van der Waals surface area contributed by atoms with E-state index >= 15 is 4.39 Å². The fourth-order valence-electron chi connectivity index (χ4n) is 10.3. The average molecular weight is 615 g/mol. The number of aliphatic hydroxyl groups is 1. The van der Waals surface area contributed by atoms with Crippen LogP contribution in [0.1, 0.15) is 79.8 Å². The second-order valence-corrected chi connectivity index (χ2v) is 14.3. The fourth-order valence-corrected chi connectivity index (χ4v) is 10.3. The summed E-state index contributed by atoms with van der Waals surface area (Å²) in [6.07, 6.45) is 7.29. The lowest BCUT2D eigenvalue weighted by molar-refractivity contribution is -0.193. The molecular formula is C37H39FO7. The number of carboxylic acids is 1. The molecule has 1 heterocycles. The van der Waals surface area contributed by atoms with Crippen molar-refractivity contribution in [3.8, 4) is 0 Å². The number of aliphatic hydroxyl groups excluding tert-OH is 1. The number of ketones is 2. The summed E-state index contributed by atoms with van der Waals surface area (Å²) < 4.78 is 28.8. The maximum absolute atomic E-state index is 15.7. The Hall–Kier alpha value is -3.46. The molecule has 2 aromatic carbocycles. The van der Waals surface area contributed by atoms with E-state index in [-0.39, 0.29) is 40.1 Å². The summed E-state index contributed by atoms with van der Waals surface area (Å²) >= 11 is 0. The predicted octanol–water partition coefficient (Wildman–Crippen LogP) is 5.99. The SMILES string of the molecule is C[C@H]1C[C@@]2(C)[C@@H](C[C@H]3O[C@@H](c4ccc(Cc5ccc(C(=O)O)cc5)cc4F)O[C@]32C(=O)CO)[C@@H]2CCC3=CC(=O)C=C[C@]3(C)[C@H]21. The van der Waals surface area contributed by atoms with E-state index < -0.39 is 47.6 Å². The first-order chi connectivity index (χ1) is 21.4. The lowest BCUT2D eigenvalue weighted by Gasteiger charge is -2.60. The molecule has 7 rings (SSSR count). The fraction of sp³-hybridized carbons (Fsp3) is 0.486. The number of rotatable bonds is 6. The van der Waals surface area contributed by atoms with Gasteiger partial charge in [0.1, 0.15) is 12.4 Å². The summed E-state index contributed by atoms with van der Waals surface area (Å²) in [5.74, 6) is -1.02. The van der Waals surface area contributed by atoms with Crippen LogP contribution >= 0.6 is 0 Å². The van der Waals surface area contributed by atoms with Gasteiger partial charge in [0.25, 0.3) is 0 Å². The number of carbonyl (C=O) groups excluding carboxylic acids is 2. The highest BCUT2D eigenvalue weighted by molar-refractivity contribution is 6.01. The molecule has 4 fully saturated rings. The molecule has 9 atom stereocenters. The molecule has 7 nitrogen and oxygen atoms in total. The van der Waals surface area contributed by atoms with Gasteiger partial charge in [-0.3, -0.25) is 9.59 Å². The van der Waals surface area contributed by atoms with Crippen molar-refractivity contribution in [3.05, 3.63) is 94.3 Å². The number of aromatic carboxylic acids is 1. The van der Waals surface area contributed by atoms with E-state index in [0.29, 0.717) is 30.7 Å². The van der Waals surface area contributed by atoms with Crippen LogP contribution in [-0.4, -0.2) is 46.1 Å². The number of halogens is 1. The van der Waals surface area contributed by atoms with Crippen LogP contribution in [0.4, 0.5) is 4.39 Å². The zero-order valence-corrected chi connectivity index (χ0v) is 25.8. The van der Waals surface area contributed by atoms with E-state index in [1.165, 1.54) is 23.8 Å². The van der Waals surface area contributed by atoms with Crippen LogP contribution in [0.2, 0.25) is 0 Å². The molecule has 3 saturated carbocycles. The summed E-state index contributed by atoms with van der Waals surface area (Å²) in [6.45, 7) is 5.88. The van der Waals surface area contributed by atoms with Crippen LogP contribution in [0.25, 0.3) is 0 Å². The number of benzene rings is 2. The smallest absolute Gasteiger partial charge is 0.335 e. The van der Waals surface area contributed by atoms with Crippen LogP contribution in [0.5, 0.6) is 0 Å². The van der Waals surface area contributed by atoms with Crippen molar-refractivity contribution in [3.63, 3.8) is 0 Å². The molecule has 2 N–H and O–H groups in total. The first-order valence-corrected chi connectivity index (χ1v) is 15.9. The number of ether oxygens (including phenoxy) is 2. The van der Waals surface area contributed by atoms with Gasteiger partial charge in [-0.1, -0.05) is 56.7 Å². The van der Waals surface area contributed by atoms with E-state index in [0.717, 1.165) is 18.4 Å². The standard InChI is InChI=1S/C37H39FO7/c1-20-18-36(3)28(26-11-9-24-16-25(40)12-13-35(24,2)32(20)26)17-31-37(36,30(41)19-39)45-34(44-31)27-10-6-22(15-29(27)38)14-21-4-7-23(8-5-21)33(42)43/h4-8,10,12-13,15-16,20,26,28,31-32,34,39H,9,11,14,17-19H2,1-3H3,(H,42,43)/t20-,26-,28-,31+,32-,34+,35-,36-,37+/m0/s1. The Bertz CT molecular complexity index is 1640. The maximum atomic E-state index is 15.7. The Labute approximate surface area is 262 Å². The van der Waals surface area contributed by atoms with Gasteiger partial charge < -0.3 is 19.7 Å². The van der Waals surface area contributed by atoms with Crippen molar-refractivity contribution in [2.75, 3.05) is 6.61 Å². The molecule has 236 valence electrons. The minimum atomic E-state index is -1.40. The molecule has 0 unspecified atom stereocenters. The van der Waals surface area contributed by atoms with Crippen molar-refractivity contribution < 1.29 is 38.5 Å². The number of hydrogen-bond acceptors (Lipinski definition) is 6. The molecule has 0 amide bonds. The van der Waals surface area contributed by atoms with E-state index in [9.17, 15) is 19.5 Å². The summed E-state index contributed by atoms with van der Waals surface area (Å²) in [5.41, 5.74) is 0.883. The topological polar surface area (TPSA) is 110 Å². The Morgan fingerprint density at radius 3 is 2.51 bits per heavy atom. The van der Waals surface area contributed by atoms with Crippen LogP contribution in [0.15, 0.2) is 66.3 Å². The Morgan fingerprint density at radius 2 is 1.82 bits per heavy atom. The molecule has 1 aliphatic heterocycles. The summed E-state index contributed by atoms with van der Waals surface area (Å²) in [7, 11) is 0. The normalized spacial score (nSPS) is 38.2. The monoisotopic (exact) mass is 614 g/mol. The molecule has 45 heavy (non-hydrogen) atoms. The highest BCUT2D eigenvalue weighted by Crippen LogP contribution is 2.71. The second kappa shape index (κ2) is 10.5. The largest absolute Gasteiger partial charge is 0.478 e. The van der Waals surface area contributed by atoms with Gasteiger partial charge in [-0.15, -0.1) is 0 Å². The molecule has 1 saturated heterocycles. The molecular weight excluding hydrogens is 575 g/mol. The Kier molecular flexibility index (Phi) is 7.08. The number of carboxylic acid groups (broad SMARTS) is 1. The third-order valence-electron chi connectivity index (χ3n) is 12.0. The van der Waals surface area contributed by atoms with Gasteiger partial charge in [0.05, 0.1) is 11.7 Å². The van der Waals surface area contributed by atoms with E-state index in [4.69, 9.17) is 14.6 Å². The number of allylic oxidation sites excluding steroid dienone is 4. The summed E-state index contributed by atoms with van der Waals surface area (Å²) in [5, 5.41) is 19.4. The first kappa shape index (κ1) is 30.2. The van der Waals surface area contributed by atoms with Gasteiger partial charge in [-0.05, 0) is 97.3 Å². The molecule has 0 aromatic heterocycles. The Morgan fingerprint density at radius 1 is 1.09 bits per heavy atom. The number of carbonyl (C=O) groups is 3. The number of Topliss-reactive ketones (excluding diaryl/α,β-unsaturated/α-hetero) is 1. The third kappa shape index (κ3) is 4.36. The quantitative estimate of drug-likeness (QED) is 0.411. The zero-order chi connectivity index (χ0) is 31.9. The van der Waals surface area contributed by atoms with Crippen LogP contribution in [-0.2, 0) is 25.5 Å². The van der Waals surface area contributed by atoms with Gasteiger partial charge >= 0.3 is 5.97 Å². The highest BCUT2D eigenvalue weighted by Gasteiger charge is 2.75. The predicted molar refractivity (Wildman–Crippen MR) is 163 cm³/mol. The number of hydrogen-bond donors (Lipinski definition) is 2. The Balaban J connectivity index is 1.17. The van der Waals surface area contributed by atoms with E-state index in [1.54, 1.807) is 30.3 Å². The van der Waals surface area contributed by atoms with Crippen LogP contribution in [0, 0.1) is 40.3 Å². The molecule has 8 heteroatoms. The highest BCUT2D eigenvalue weighted by atomic mass is 19.1. The van der Waals surface area contributed by atoms with Gasteiger partial charge in [-0.2, -0.15) is 0 Å². The van der Waals surface area contributed by atoms with Crippen molar-refractivity contribution in [2.45, 2.75) is 70.9 Å². The van der Waals surface area contributed by atoms with Crippen molar-refractivity contribution >= 4 is 17.5 Å². The lowest BCUT2D eigenvalue weighted by atomic mass is 9.44. The van der Waals surface area contributed by atoms with Crippen molar-refractivity contribution in [2.24, 2.45) is 34.5 Å². The van der Waals surface area contributed by atoms with Crippen molar-refractivity contribution in [1.82, 2.24) is 0 Å². The van der Waals surface area contributed by atoms with Gasteiger partial charge in [0, 0.05) is 16.4 Å². The van der Waals surface area contributed by atoms with Gasteiger partial charge in [0.2, 0.25) is 0 Å². The van der Waals surface area contributed by atoms with E-state index in [2.05, 4.69) is 26.8 Å². The van der Waals surface area contributed by atoms with E-state index in [1.807, 2.05) is 6.08 Å². The molecule has 2 aromatic rings. The third-order valence-corrected chi connectivity index (χ3v) is 12.0. The number of fused-ring (bicyclic) bond motifs is 7. The van der Waals surface area contributed by atoms with Crippen molar-refractivity contribution in [1.29, 1.82) is 0 Å². The first-order valence-electron chi connectivity index (χ1n) is 15.9. The van der Waals surface area contributed by atoms with Gasteiger partial charge in [0.15, 0.2) is 23.5 Å². The summed E-state index contributed by atoms with van der Waals surface area (Å²) in [4.78, 5) is 37.2. The molecule has 5 aliphatic rings.